The molecule has 9 unspecified atom stereocenters. The molecule has 30 nitrogen and oxygen atoms in total. The molecule has 0 aliphatic carbocycles. The molecule has 0 radical (unpaired) electrons. The molecule has 123 heavy (non-hydrogen) atoms. The summed E-state index contributed by atoms with van der Waals surface area (Å²) in [5, 5.41) is 26.2. The van der Waals surface area contributed by atoms with E-state index in [1.165, 1.54) is 90.1 Å². The predicted molar refractivity (Wildman–Crippen MR) is 480 cm³/mol. The van der Waals surface area contributed by atoms with Gasteiger partial charge in [-0.15, -0.1) is 0 Å². The summed E-state index contributed by atoms with van der Waals surface area (Å²) in [5.74, 6) is -9.99. The molecule has 1 aliphatic rings. The van der Waals surface area contributed by atoms with Gasteiger partial charge in [-0.05, 0) is 101 Å². The maximum Gasteiger partial charge on any atom is 0.293 e. The Morgan fingerprint density at radius 3 is 1.75 bits per heavy atom. The number of rotatable bonds is 66. The summed E-state index contributed by atoms with van der Waals surface area (Å²) in [6, 6.07) is 19.9. The van der Waals surface area contributed by atoms with Gasteiger partial charge in [0.1, 0.15) is 17.9 Å². The van der Waals surface area contributed by atoms with Gasteiger partial charge >= 0.3 is 0 Å². The smallest absolute Gasteiger partial charge is 0.293 e. The van der Waals surface area contributed by atoms with Crippen LogP contribution in [-0.2, 0) is 75.1 Å². The average Bonchev–Trinajstić information content (AvgIpc) is 1.60. The third kappa shape index (κ3) is 37.8. The first-order valence-electron chi connectivity index (χ1n) is 44.7. The quantitative estimate of drug-likeness (QED) is 0.00566. The van der Waals surface area contributed by atoms with Crippen molar-refractivity contribution in [2.45, 2.75) is 281 Å². The fourth-order valence-electron chi connectivity index (χ4n) is 16.1. The number of likely N-dealkylation sites (N-methyl/N-ethyl adjacent to an activating group) is 1. The number of carbonyl (C=O) groups is 12. The molecule has 31 heteroatoms. The number of benzene rings is 3. The highest BCUT2D eigenvalue weighted by atomic mass is 32.1. The second-order valence-electron chi connectivity index (χ2n) is 32.6. The van der Waals surface area contributed by atoms with E-state index in [0.717, 1.165) is 35.7 Å². The number of aliphatic hydroxyl groups is 1. The zero-order valence-electron chi connectivity index (χ0n) is 72.6. The summed E-state index contributed by atoms with van der Waals surface area (Å²) in [5.41, 5.74) is 26.2. The molecule has 5 aromatic rings. The van der Waals surface area contributed by atoms with E-state index in [2.05, 4.69) is 71.1 Å². The van der Waals surface area contributed by atoms with Gasteiger partial charge in [-0.2, -0.15) is 12.6 Å². The van der Waals surface area contributed by atoms with Crippen LogP contribution in [0.2, 0.25) is 0 Å². The number of thiol groups is 1. The number of unbranched alkanes of at least 4 members (excludes halogenated alkanes) is 16. The lowest BCUT2D eigenvalue weighted by atomic mass is 9.83. The van der Waals surface area contributed by atoms with Crippen molar-refractivity contribution in [1.82, 2.24) is 51.3 Å². The predicted octanol–water partition coefficient (Wildman–Crippen LogP) is 9.28. The SMILES string of the molecule is CCCCCCCCCCCCCCCCNC(=O)CN(CC)C(=O)CCCCCCC(=O)C(Cc1c[nH]c2ccccc12)NC(=O)C(CCCN=C(N)N)CC(=O)C(CS)NC(=O)C(CCCN=C(N)N)CC(=O)CC1CCCN1C(=O)C(NC(=O)C(CC(=O)C(NC(=O)CCCOC=O)C(C)O)Cc1cnc[nH]1)C(c1ccccc1)c1ccccc1. The van der Waals surface area contributed by atoms with Gasteiger partial charge in [-0.3, -0.25) is 67.5 Å². The molecule has 676 valence electrons. The van der Waals surface area contributed by atoms with Gasteiger partial charge < -0.3 is 79.1 Å². The Morgan fingerprint density at radius 2 is 1.17 bits per heavy atom. The van der Waals surface area contributed by atoms with Crippen molar-refractivity contribution in [3.8, 4) is 0 Å². The number of guanidine groups is 2. The monoisotopic (exact) mass is 1720 g/mol. The van der Waals surface area contributed by atoms with Gasteiger partial charge in [0, 0.05) is 149 Å². The van der Waals surface area contributed by atoms with E-state index in [4.69, 9.17) is 27.7 Å². The van der Waals surface area contributed by atoms with Crippen LogP contribution in [0.3, 0.4) is 0 Å². The number of nitrogens with two attached hydrogens (primary N) is 4. The minimum atomic E-state index is -1.44. The molecule has 1 saturated heterocycles. The van der Waals surface area contributed by atoms with Crippen LogP contribution in [-0.4, -0.2) is 201 Å². The van der Waals surface area contributed by atoms with Gasteiger partial charge in [-0.1, -0.05) is 182 Å². The summed E-state index contributed by atoms with van der Waals surface area (Å²) >= 11 is 4.54. The van der Waals surface area contributed by atoms with Crippen LogP contribution in [0.25, 0.3) is 10.9 Å². The number of hydrogen-bond donors (Lipinski definition) is 13. The molecule has 16 N–H and O–H groups in total. The standard InChI is InChI=1S/C92H138N16O14S/c1-4-6-7-8-9-10-11-12-13-14-15-16-19-30-47-98-82(116)60-107(5-2)83(117)46-27-18-17-26-44-78(112)76(54-70-58-101-75-43-29-28-42-74(70)75)103-88(119)68(40-32-49-100-92(95)96)55-79(113)77(61-123)104-87(118)67(39-31-48-99-91(93)94)53-73(111)57-72-41-33-50-108(72)90(121)86(84(65-35-22-20-23-36-65)66-37-24-21-25-38-66)106-89(120)69(52-71-59-97-62-102-71)56-80(114)85(64(3)110)105-81(115)45-34-51-122-63-109/h20-25,28-29,35-38,42-43,58-59,62-64,67-69,72,76-77,84-86,101,110,123H,4-19,26-27,30-34,39-41,44-57,60-61H2,1-3H3,(H,97,102)(H,98,116)(H,103,119)(H,104,118)(H,105,115)(H,106,120)(H4,93,94,99)(H4,95,96,100). The fraction of sp³-hybridized carbons (Fsp3) is 0.598. The van der Waals surface area contributed by atoms with Crippen molar-refractivity contribution in [2.24, 2.45) is 50.7 Å². The average molecular weight is 1720 g/mol. The van der Waals surface area contributed by atoms with Crippen LogP contribution in [0.5, 0.6) is 0 Å². The van der Waals surface area contributed by atoms with Crippen molar-refractivity contribution in [1.29, 1.82) is 0 Å². The van der Waals surface area contributed by atoms with Gasteiger partial charge in [0.05, 0.1) is 43.6 Å². The van der Waals surface area contributed by atoms with E-state index < -0.39 is 120 Å². The molecule has 0 spiro atoms. The molecule has 9 atom stereocenters. The maximum atomic E-state index is 15.8. The highest BCUT2D eigenvalue weighted by Crippen LogP contribution is 2.34. The maximum absolute atomic E-state index is 15.8. The Morgan fingerprint density at radius 1 is 0.610 bits per heavy atom. The summed E-state index contributed by atoms with van der Waals surface area (Å²) in [6.07, 6.45) is 23.5. The van der Waals surface area contributed by atoms with E-state index >= 15 is 9.59 Å². The minimum absolute atomic E-state index is 0.00482. The number of para-hydroxylation sites is 1. The number of carbonyl (C=O) groups excluding carboxylic acids is 12. The number of aromatic nitrogens is 3. The highest BCUT2D eigenvalue weighted by Gasteiger charge is 2.43. The van der Waals surface area contributed by atoms with Gasteiger partial charge in [0.2, 0.25) is 41.4 Å². The van der Waals surface area contributed by atoms with Gasteiger partial charge in [0.25, 0.3) is 6.47 Å². The molecular weight excluding hydrogens is 1590 g/mol. The largest absolute Gasteiger partial charge is 0.468 e. The number of Topliss-reactive ketones (excluding diaryl/α,β-unsaturated/α-hetero) is 4. The fourth-order valence-corrected chi connectivity index (χ4v) is 16.4. The highest BCUT2D eigenvalue weighted by molar-refractivity contribution is 7.80. The third-order valence-electron chi connectivity index (χ3n) is 22.9. The number of aliphatic imine (C=N–C) groups is 2. The van der Waals surface area contributed by atoms with Crippen molar-refractivity contribution in [3.05, 3.63) is 126 Å². The van der Waals surface area contributed by atoms with Gasteiger partial charge in [-0.25, -0.2) is 4.98 Å². The molecule has 2 aromatic heterocycles. The van der Waals surface area contributed by atoms with Crippen molar-refractivity contribution < 1.29 is 67.4 Å². The number of ketones is 4. The van der Waals surface area contributed by atoms with Crippen LogP contribution in [0.15, 0.2) is 114 Å². The lowest BCUT2D eigenvalue weighted by Gasteiger charge is -2.35. The van der Waals surface area contributed by atoms with E-state index in [0.29, 0.717) is 68.4 Å². The minimum Gasteiger partial charge on any atom is -0.468 e. The first kappa shape index (κ1) is 102. The Hall–Kier alpha value is -10.3. The lowest BCUT2D eigenvalue weighted by molar-refractivity contribution is -0.140. The Kier molecular flexibility index (Phi) is 47.8. The molecule has 3 heterocycles. The number of ether oxygens (including phenoxy) is 1. The summed E-state index contributed by atoms with van der Waals surface area (Å²) in [6.45, 7) is 7.00. The number of likely N-dealkylation sites (tertiary alicyclic amines) is 1. The molecule has 7 amide bonds. The zero-order chi connectivity index (χ0) is 89.1. The van der Waals surface area contributed by atoms with Crippen LogP contribution in [0, 0.1) is 17.8 Å². The Balaban J connectivity index is 1.12. The van der Waals surface area contributed by atoms with Crippen LogP contribution in [0.4, 0.5) is 0 Å². The summed E-state index contributed by atoms with van der Waals surface area (Å²) in [4.78, 5) is 191. The van der Waals surface area contributed by atoms with Crippen molar-refractivity contribution >= 4 is 106 Å². The normalized spacial score (nSPS) is 14.5. The van der Waals surface area contributed by atoms with Crippen molar-refractivity contribution in [2.75, 3.05) is 51.6 Å². The van der Waals surface area contributed by atoms with Gasteiger partial charge in [0.15, 0.2) is 29.3 Å². The number of fused-ring (bicyclic) bond motifs is 1. The third-order valence-corrected chi connectivity index (χ3v) is 23.3. The van der Waals surface area contributed by atoms with Crippen LogP contribution < -0.4 is 49.5 Å². The number of nitrogens with one attached hydrogen (secondary N) is 7. The van der Waals surface area contributed by atoms with Crippen LogP contribution in [0.1, 0.15) is 255 Å². The van der Waals surface area contributed by atoms with E-state index in [1.54, 1.807) is 40.3 Å². The van der Waals surface area contributed by atoms with Crippen molar-refractivity contribution in [3.63, 3.8) is 0 Å². The van der Waals surface area contributed by atoms with E-state index in [9.17, 15) is 53.1 Å². The number of imidazole rings is 1. The lowest BCUT2D eigenvalue weighted by Crippen LogP contribution is -2.55. The molecule has 0 bridgehead atoms. The molecule has 0 saturated carbocycles. The van der Waals surface area contributed by atoms with E-state index in [-0.39, 0.29) is 152 Å². The number of hydrogen-bond acceptors (Lipinski definition) is 18. The van der Waals surface area contributed by atoms with Crippen LogP contribution >= 0.6 is 12.6 Å². The number of aromatic amines is 2. The number of H-pyrrole nitrogens is 2. The number of nitrogens with zero attached hydrogens (tertiary/aromatic N) is 5. The molecule has 1 fully saturated rings. The molecule has 3 aromatic carbocycles. The first-order valence-corrected chi connectivity index (χ1v) is 45.3. The zero-order valence-corrected chi connectivity index (χ0v) is 73.5. The molecule has 1 aliphatic heterocycles. The number of amides is 7. The summed E-state index contributed by atoms with van der Waals surface area (Å²) < 4.78 is 4.70. The summed E-state index contributed by atoms with van der Waals surface area (Å²) in [7, 11) is 0. The van der Waals surface area contributed by atoms with E-state index in [1.807, 2.05) is 67.6 Å². The topological polar surface area (TPSA) is 474 Å². The number of aliphatic hydroxyl groups excluding tert-OH is 1. The Bertz CT molecular complexity index is 4060. The second-order valence-corrected chi connectivity index (χ2v) is 33.0. The second kappa shape index (κ2) is 57.9. The Labute approximate surface area is 731 Å². The first-order chi connectivity index (χ1) is 59.4. The molecular formula is C92H138N16O14S. The molecule has 6 rings (SSSR count).